The first-order chi connectivity index (χ1) is 12.7. The van der Waals surface area contributed by atoms with E-state index in [1.54, 1.807) is 0 Å². The highest BCUT2D eigenvalue weighted by molar-refractivity contribution is 6.30. The van der Waals surface area contributed by atoms with Gasteiger partial charge in [-0.05, 0) is 60.9 Å². The first-order valence-corrected chi connectivity index (χ1v) is 9.22. The fraction of sp³-hybridized carbons (Fsp3) is 0.174. The zero-order chi connectivity index (χ0) is 18.4. The molecule has 0 bridgehead atoms. The highest BCUT2D eigenvalue weighted by Crippen LogP contribution is 2.23. The number of benzene rings is 3. The average molecular weight is 363 g/mol. The van der Waals surface area contributed by atoms with Crippen LogP contribution in [0.3, 0.4) is 0 Å². The van der Waals surface area contributed by atoms with Crippen LogP contribution in [0.5, 0.6) is 0 Å². The van der Waals surface area contributed by atoms with Crippen molar-refractivity contribution in [2.45, 2.75) is 20.4 Å². The number of halogens is 1. The molecule has 3 rings (SSSR count). The van der Waals surface area contributed by atoms with Crippen LogP contribution in [0.15, 0.2) is 77.8 Å². The minimum absolute atomic E-state index is 0.740. The summed E-state index contributed by atoms with van der Waals surface area (Å²) >= 11 is 6.00. The second-order valence-electron chi connectivity index (χ2n) is 6.28. The third-order valence-corrected chi connectivity index (χ3v) is 4.60. The lowest BCUT2D eigenvalue weighted by molar-refractivity contribution is 0.832. The van der Waals surface area contributed by atoms with Gasteiger partial charge < -0.3 is 4.90 Å². The summed E-state index contributed by atoms with van der Waals surface area (Å²) in [5.74, 6) is 0. The van der Waals surface area contributed by atoms with Crippen LogP contribution < -0.4 is 4.90 Å². The van der Waals surface area contributed by atoms with E-state index in [0.717, 1.165) is 34.9 Å². The molecule has 132 valence electrons. The van der Waals surface area contributed by atoms with Gasteiger partial charge in [-0.2, -0.15) is 0 Å². The maximum absolute atomic E-state index is 6.00. The minimum Gasteiger partial charge on any atom is -0.367 e. The van der Waals surface area contributed by atoms with Crippen molar-refractivity contribution in [3.05, 3.63) is 94.5 Å². The van der Waals surface area contributed by atoms with Gasteiger partial charge in [0.05, 0.1) is 5.69 Å². The Balaban J connectivity index is 1.71. The van der Waals surface area contributed by atoms with Crippen LogP contribution in [-0.4, -0.2) is 12.8 Å². The summed E-state index contributed by atoms with van der Waals surface area (Å²) in [7, 11) is 0. The van der Waals surface area contributed by atoms with Crippen molar-refractivity contribution in [2.24, 2.45) is 4.99 Å². The highest BCUT2D eigenvalue weighted by Gasteiger charge is 2.05. The lowest BCUT2D eigenvalue weighted by Gasteiger charge is -2.23. The maximum atomic E-state index is 6.00. The smallest absolute Gasteiger partial charge is 0.0660 e. The van der Waals surface area contributed by atoms with E-state index in [1.807, 2.05) is 31.3 Å². The van der Waals surface area contributed by atoms with Crippen molar-refractivity contribution in [2.75, 3.05) is 11.4 Å². The number of rotatable bonds is 6. The molecule has 0 aliphatic heterocycles. The van der Waals surface area contributed by atoms with Crippen molar-refractivity contribution in [3.8, 4) is 0 Å². The maximum Gasteiger partial charge on any atom is 0.0660 e. The molecule has 0 heterocycles. The summed E-state index contributed by atoms with van der Waals surface area (Å²) in [6, 6.07) is 24.8. The first-order valence-electron chi connectivity index (χ1n) is 8.85. The summed E-state index contributed by atoms with van der Waals surface area (Å²) in [4.78, 5) is 6.94. The number of aliphatic imine (C=N–C) groups is 1. The summed E-state index contributed by atoms with van der Waals surface area (Å²) in [5.41, 5.74) is 5.64. The molecule has 3 aromatic carbocycles. The van der Waals surface area contributed by atoms with Crippen molar-refractivity contribution in [1.29, 1.82) is 0 Å². The number of nitrogens with zero attached hydrogens (tertiary/aromatic N) is 2. The van der Waals surface area contributed by atoms with E-state index in [9.17, 15) is 0 Å². The summed E-state index contributed by atoms with van der Waals surface area (Å²) in [5, 5.41) is 0.740. The topological polar surface area (TPSA) is 15.6 Å². The molecule has 0 spiro atoms. The molecule has 0 aliphatic rings. The molecule has 0 saturated heterocycles. The lowest BCUT2D eigenvalue weighted by Crippen LogP contribution is -2.21. The molecule has 0 atom stereocenters. The zero-order valence-electron chi connectivity index (χ0n) is 15.2. The monoisotopic (exact) mass is 362 g/mol. The van der Waals surface area contributed by atoms with E-state index in [-0.39, 0.29) is 0 Å². The molecule has 26 heavy (non-hydrogen) atoms. The normalized spacial score (nSPS) is 11.0. The second kappa shape index (κ2) is 8.68. The van der Waals surface area contributed by atoms with E-state index in [0.29, 0.717) is 0 Å². The molecule has 0 aliphatic carbocycles. The number of anilines is 1. The van der Waals surface area contributed by atoms with E-state index in [4.69, 9.17) is 11.6 Å². The van der Waals surface area contributed by atoms with Crippen LogP contribution in [0.25, 0.3) is 0 Å². The Hall–Kier alpha value is -2.58. The Morgan fingerprint density at radius 3 is 2.35 bits per heavy atom. The van der Waals surface area contributed by atoms with Crippen molar-refractivity contribution in [3.63, 3.8) is 0 Å². The van der Waals surface area contributed by atoms with Gasteiger partial charge in [-0.3, -0.25) is 4.99 Å². The average Bonchev–Trinajstić information content (AvgIpc) is 2.67. The van der Waals surface area contributed by atoms with E-state index < -0.39 is 0 Å². The van der Waals surface area contributed by atoms with E-state index in [2.05, 4.69) is 71.4 Å². The molecule has 0 unspecified atom stereocenters. The van der Waals surface area contributed by atoms with Crippen LogP contribution in [-0.2, 0) is 6.54 Å². The Kier molecular flexibility index (Phi) is 6.08. The van der Waals surface area contributed by atoms with Crippen molar-refractivity contribution >= 4 is 29.2 Å². The number of aryl methyl sites for hydroxylation is 1. The first kappa shape index (κ1) is 18.2. The van der Waals surface area contributed by atoms with Crippen LogP contribution >= 0.6 is 11.6 Å². The van der Waals surface area contributed by atoms with Gasteiger partial charge in [0.1, 0.15) is 0 Å². The standard InChI is InChI=1S/C23H23ClN2/c1-3-26(17-20-7-5-4-6-8-20)22-12-9-19(10-13-22)16-25-23-14-11-21(24)15-18(23)2/h4-16H,3,17H2,1-2H3. The fourth-order valence-corrected chi connectivity index (χ4v) is 3.10. The van der Waals surface area contributed by atoms with Gasteiger partial charge in [-0.1, -0.05) is 54.1 Å². The third-order valence-electron chi connectivity index (χ3n) is 4.37. The van der Waals surface area contributed by atoms with Crippen LogP contribution in [0.4, 0.5) is 11.4 Å². The molecular weight excluding hydrogens is 340 g/mol. The van der Waals surface area contributed by atoms with Crippen LogP contribution in [0.2, 0.25) is 5.02 Å². The summed E-state index contributed by atoms with van der Waals surface area (Å²) < 4.78 is 0. The quantitative estimate of drug-likeness (QED) is 0.461. The molecule has 0 fully saturated rings. The predicted octanol–water partition coefficient (Wildman–Crippen LogP) is 6.43. The fourth-order valence-electron chi connectivity index (χ4n) is 2.87. The van der Waals surface area contributed by atoms with Crippen LogP contribution in [0.1, 0.15) is 23.6 Å². The molecule has 0 amide bonds. The molecule has 0 N–H and O–H groups in total. The zero-order valence-corrected chi connectivity index (χ0v) is 15.9. The Morgan fingerprint density at radius 1 is 0.962 bits per heavy atom. The summed E-state index contributed by atoms with van der Waals surface area (Å²) in [6.07, 6.45) is 1.90. The molecule has 3 aromatic rings. The Morgan fingerprint density at radius 2 is 1.69 bits per heavy atom. The number of hydrogen-bond donors (Lipinski definition) is 0. The van der Waals surface area contributed by atoms with Gasteiger partial charge >= 0.3 is 0 Å². The lowest BCUT2D eigenvalue weighted by atomic mass is 10.1. The Labute approximate surface area is 160 Å². The minimum atomic E-state index is 0.740. The molecule has 3 heteroatoms. The van der Waals surface area contributed by atoms with Gasteiger partial charge in [-0.15, -0.1) is 0 Å². The van der Waals surface area contributed by atoms with Gasteiger partial charge in [0, 0.05) is 30.0 Å². The van der Waals surface area contributed by atoms with Crippen molar-refractivity contribution < 1.29 is 0 Å². The van der Waals surface area contributed by atoms with Gasteiger partial charge in [0.15, 0.2) is 0 Å². The largest absolute Gasteiger partial charge is 0.367 e. The Bertz CT molecular complexity index is 870. The molecule has 0 aromatic heterocycles. The van der Waals surface area contributed by atoms with Crippen molar-refractivity contribution in [1.82, 2.24) is 0 Å². The highest BCUT2D eigenvalue weighted by atomic mass is 35.5. The van der Waals surface area contributed by atoms with Gasteiger partial charge in [-0.25, -0.2) is 0 Å². The van der Waals surface area contributed by atoms with Gasteiger partial charge in [0.2, 0.25) is 0 Å². The van der Waals surface area contributed by atoms with Gasteiger partial charge in [0.25, 0.3) is 0 Å². The molecule has 0 radical (unpaired) electrons. The molecular formula is C23H23ClN2. The van der Waals surface area contributed by atoms with E-state index in [1.165, 1.54) is 11.3 Å². The summed E-state index contributed by atoms with van der Waals surface area (Å²) in [6.45, 7) is 6.08. The SMILES string of the molecule is CCN(Cc1ccccc1)c1ccc(C=Nc2ccc(Cl)cc2C)cc1. The second-order valence-corrected chi connectivity index (χ2v) is 6.72. The molecule has 0 saturated carbocycles. The van der Waals surface area contributed by atoms with Crippen LogP contribution in [0, 0.1) is 6.92 Å². The van der Waals surface area contributed by atoms with E-state index >= 15 is 0 Å². The molecule has 2 nitrogen and oxygen atoms in total. The third kappa shape index (κ3) is 4.74. The number of hydrogen-bond acceptors (Lipinski definition) is 2. The predicted molar refractivity (Wildman–Crippen MR) is 113 cm³/mol.